The molecule has 9 heteroatoms. The molecule has 0 aromatic heterocycles. The summed E-state index contributed by atoms with van der Waals surface area (Å²) in [6, 6.07) is 11.3. The van der Waals surface area contributed by atoms with Gasteiger partial charge in [-0.05, 0) is 54.2 Å². The predicted molar refractivity (Wildman–Crippen MR) is 99.6 cm³/mol. The van der Waals surface area contributed by atoms with Crippen molar-refractivity contribution in [2.24, 2.45) is 5.10 Å². The van der Waals surface area contributed by atoms with E-state index in [0.717, 1.165) is 0 Å². The van der Waals surface area contributed by atoms with Gasteiger partial charge in [0.05, 0.1) is 20.4 Å². The van der Waals surface area contributed by atoms with Crippen LogP contribution < -0.4 is 25.0 Å². The molecule has 2 aromatic carbocycles. The molecular formula is C17H17F2N3O3S. The predicted octanol–water partition coefficient (Wildman–Crippen LogP) is 3.63. The van der Waals surface area contributed by atoms with Crippen LogP contribution in [0.25, 0.3) is 0 Å². The molecular weight excluding hydrogens is 364 g/mol. The van der Waals surface area contributed by atoms with Crippen molar-refractivity contribution >= 4 is 29.2 Å². The van der Waals surface area contributed by atoms with Crippen molar-refractivity contribution in [2.45, 2.75) is 6.61 Å². The minimum absolute atomic E-state index is 0.0794. The first-order chi connectivity index (χ1) is 12.5. The molecule has 0 aliphatic rings. The maximum Gasteiger partial charge on any atom is 0.387 e. The first-order valence-electron chi connectivity index (χ1n) is 7.39. The second kappa shape index (κ2) is 9.52. The lowest BCUT2D eigenvalue weighted by molar-refractivity contribution is -0.0498. The number of nitrogens with zero attached hydrogens (tertiary/aromatic N) is 1. The lowest BCUT2D eigenvalue weighted by Gasteiger charge is -2.11. The average molecular weight is 381 g/mol. The summed E-state index contributed by atoms with van der Waals surface area (Å²) in [7, 11) is 3.10. The van der Waals surface area contributed by atoms with Gasteiger partial charge in [0.25, 0.3) is 0 Å². The zero-order valence-electron chi connectivity index (χ0n) is 14.0. The number of anilines is 1. The maximum absolute atomic E-state index is 12.1. The molecule has 138 valence electrons. The van der Waals surface area contributed by atoms with Crippen molar-refractivity contribution in [1.82, 2.24) is 5.43 Å². The number of hydrogen-bond acceptors (Lipinski definition) is 5. The first kappa shape index (κ1) is 19.4. The van der Waals surface area contributed by atoms with Crippen LogP contribution in [0.1, 0.15) is 5.56 Å². The molecule has 0 unspecified atom stereocenters. The van der Waals surface area contributed by atoms with Crippen molar-refractivity contribution in [3.63, 3.8) is 0 Å². The summed E-state index contributed by atoms with van der Waals surface area (Å²) in [5.41, 5.74) is 4.04. The third-order valence-corrected chi connectivity index (χ3v) is 3.32. The van der Waals surface area contributed by atoms with E-state index in [1.165, 1.54) is 18.3 Å². The molecule has 2 rings (SSSR count). The SMILES string of the molecule is COc1ccc(NC(=S)N/N=C\c2ccc(OC(F)F)cc2)cc1OC. The zero-order chi connectivity index (χ0) is 18.9. The van der Waals surface area contributed by atoms with Crippen molar-refractivity contribution in [3.05, 3.63) is 48.0 Å². The highest BCUT2D eigenvalue weighted by atomic mass is 32.1. The lowest BCUT2D eigenvalue weighted by Crippen LogP contribution is -2.23. The molecule has 26 heavy (non-hydrogen) atoms. The van der Waals surface area contributed by atoms with E-state index in [1.54, 1.807) is 44.6 Å². The van der Waals surface area contributed by atoms with Crippen LogP contribution in [-0.2, 0) is 0 Å². The number of ether oxygens (including phenoxy) is 3. The number of thiocarbonyl (C=S) groups is 1. The van der Waals surface area contributed by atoms with Gasteiger partial charge in [0.2, 0.25) is 0 Å². The Labute approximate surface area is 154 Å². The quantitative estimate of drug-likeness (QED) is 0.434. The van der Waals surface area contributed by atoms with E-state index in [1.807, 2.05) is 0 Å². The molecule has 0 heterocycles. The Morgan fingerprint density at radius 3 is 2.38 bits per heavy atom. The number of benzene rings is 2. The van der Waals surface area contributed by atoms with Gasteiger partial charge in [-0.25, -0.2) is 0 Å². The van der Waals surface area contributed by atoms with E-state index < -0.39 is 6.61 Å². The van der Waals surface area contributed by atoms with Gasteiger partial charge in [-0.2, -0.15) is 13.9 Å². The third-order valence-electron chi connectivity index (χ3n) is 3.13. The Hall–Kier alpha value is -2.94. The Balaban J connectivity index is 1.89. The fourth-order valence-corrected chi connectivity index (χ4v) is 2.14. The monoisotopic (exact) mass is 381 g/mol. The number of hydrogen-bond donors (Lipinski definition) is 2. The average Bonchev–Trinajstić information content (AvgIpc) is 2.62. The van der Waals surface area contributed by atoms with Gasteiger partial charge >= 0.3 is 6.61 Å². The minimum Gasteiger partial charge on any atom is -0.493 e. The van der Waals surface area contributed by atoms with Gasteiger partial charge in [0.1, 0.15) is 5.75 Å². The normalized spacial score (nSPS) is 10.7. The van der Waals surface area contributed by atoms with E-state index in [0.29, 0.717) is 22.7 Å². The number of methoxy groups -OCH3 is 2. The summed E-state index contributed by atoms with van der Waals surface area (Å²) >= 11 is 5.15. The molecule has 0 amide bonds. The summed E-state index contributed by atoms with van der Waals surface area (Å²) in [6.45, 7) is -2.85. The van der Waals surface area contributed by atoms with E-state index in [-0.39, 0.29) is 10.9 Å². The molecule has 0 saturated carbocycles. The molecule has 0 spiro atoms. The van der Waals surface area contributed by atoms with Crippen LogP contribution in [0.3, 0.4) is 0 Å². The fourth-order valence-electron chi connectivity index (χ4n) is 1.97. The molecule has 0 radical (unpaired) electrons. The van der Waals surface area contributed by atoms with Crippen LogP contribution in [0.15, 0.2) is 47.6 Å². The Kier molecular flexibility index (Phi) is 7.10. The van der Waals surface area contributed by atoms with Crippen LogP contribution in [0.2, 0.25) is 0 Å². The van der Waals surface area contributed by atoms with Crippen LogP contribution in [-0.4, -0.2) is 32.2 Å². The fraction of sp³-hybridized carbons (Fsp3) is 0.176. The Morgan fingerprint density at radius 1 is 1.08 bits per heavy atom. The number of hydrazone groups is 1. The maximum atomic E-state index is 12.1. The van der Waals surface area contributed by atoms with E-state index >= 15 is 0 Å². The highest BCUT2D eigenvalue weighted by Gasteiger charge is 2.05. The van der Waals surface area contributed by atoms with Gasteiger partial charge < -0.3 is 19.5 Å². The topological polar surface area (TPSA) is 64.1 Å². The van der Waals surface area contributed by atoms with Gasteiger partial charge in [0.15, 0.2) is 16.6 Å². The number of rotatable bonds is 7. The summed E-state index contributed by atoms with van der Waals surface area (Å²) in [5.74, 6) is 1.25. The summed E-state index contributed by atoms with van der Waals surface area (Å²) in [4.78, 5) is 0. The molecule has 0 aliphatic heterocycles. The standard InChI is InChI=1S/C17H17F2N3O3S/c1-23-14-8-5-12(9-15(14)24-2)21-17(26)22-20-10-11-3-6-13(7-4-11)25-16(18)19/h3-10,16H,1-2H3,(H2,21,22,26)/b20-10-. The van der Waals surface area contributed by atoms with Crippen LogP contribution in [0, 0.1) is 0 Å². The van der Waals surface area contributed by atoms with Gasteiger partial charge in [-0.15, -0.1) is 0 Å². The summed E-state index contributed by atoms with van der Waals surface area (Å²) in [5, 5.41) is 7.20. The number of halogens is 2. The molecule has 0 atom stereocenters. The van der Waals surface area contributed by atoms with Gasteiger partial charge in [-0.3, -0.25) is 5.43 Å². The molecule has 2 N–H and O–H groups in total. The molecule has 0 fully saturated rings. The number of alkyl halides is 2. The second-order valence-corrected chi connectivity index (χ2v) is 5.25. The molecule has 0 bridgehead atoms. The third kappa shape index (κ3) is 5.85. The Morgan fingerprint density at radius 2 is 1.77 bits per heavy atom. The van der Waals surface area contributed by atoms with Gasteiger partial charge in [0, 0.05) is 11.8 Å². The van der Waals surface area contributed by atoms with Crippen molar-refractivity contribution in [1.29, 1.82) is 0 Å². The van der Waals surface area contributed by atoms with Crippen LogP contribution in [0.5, 0.6) is 17.2 Å². The van der Waals surface area contributed by atoms with Crippen LogP contribution in [0.4, 0.5) is 14.5 Å². The first-order valence-corrected chi connectivity index (χ1v) is 7.79. The minimum atomic E-state index is -2.85. The highest BCUT2D eigenvalue weighted by molar-refractivity contribution is 7.80. The Bertz CT molecular complexity index is 770. The molecule has 0 saturated heterocycles. The van der Waals surface area contributed by atoms with E-state index in [2.05, 4.69) is 20.6 Å². The zero-order valence-corrected chi connectivity index (χ0v) is 14.8. The van der Waals surface area contributed by atoms with Gasteiger partial charge in [-0.1, -0.05) is 0 Å². The number of nitrogens with one attached hydrogen (secondary N) is 2. The largest absolute Gasteiger partial charge is 0.493 e. The molecule has 0 aliphatic carbocycles. The summed E-state index contributed by atoms with van der Waals surface area (Å²) < 4.78 is 38.8. The summed E-state index contributed by atoms with van der Waals surface area (Å²) in [6.07, 6.45) is 1.49. The smallest absolute Gasteiger partial charge is 0.387 e. The molecule has 6 nitrogen and oxygen atoms in total. The lowest BCUT2D eigenvalue weighted by atomic mass is 10.2. The van der Waals surface area contributed by atoms with Crippen molar-refractivity contribution in [3.8, 4) is 17.2 Å². The second-order valence-electron chi connectivity index (χ2n) is 4.84. The van der Waals surface area contributed by atoms with Crippen molar-refractivity contribution in [2.75, 3.05) is 19.5 Å². The molecule has 2 aromatic rings. The van der Waals surface area contributed by atoms with Crippen LogP contribution >= 0.6 is 12.2 Å². The van der Waals surface area contributed by atoms with E-state index in [9.17, 15) is 8.78 Å². The highest BCUT2D eigenvalue weighted by Crippen LogP contribution is 2.29. The van der Waals surface area contributed by atoms with E-state index in [4.69, 9.17) is 21.7 Å². The van der Waals surface area contributed by atoms with Crippen molar-refractivity contribution < 1.29 is 23.0 Å².